The Bertz CT molecular complexity index is 752. The fraction of sp³-hybridized carbons (Fsp3) is 0.333. The number of amides is 1. The molecule has 0 aromatic carbocycles. The first-order valence-electron chi connectivity index (χ1n) is 7.02. The summed E-state index contributed by atoms with van der Waals surface area (Å²) < 4.78 is 1.03. The molecule has 8 heteroatoms. The molecule has 0 saturated carbocycles. The predicted octanol–water partition coefficient (Wildman–Crippen LogP) is 1.20. The molecular weight excluding hydrogens is 318 g/mol. The van der Waals surface area contributed by atoms with Crippen LogP contribution in [0.25, 0.3) is 10.6 Å². The Balaban J connectivity index is 2.16. The van der Waals surface area contributed by atoms with Crippen molar-refractivity contribution in [2.75, 3.05) is 0 Å². The summed E-state index contributed by atoms with van der Waals surface area (Å²) in [4.78, 5) is 35.8. The fourth-order valence-corrected chi connectivity index (χ4v) is 2.68. The van der Waals surface area contributed by atoms with Gasteiger partial charge in [0, 0.05) is 6.07 Å². The largest absolute Gasteiger partial charge is 0.480 e. The van der Waals surface area contributed by atoms with E-state index in [0.717, 1.165) is 9.56 Å². The molecule has 0 aliphatic rings. The molecule has 2 rings (SSSR count). The third kappa shape index (κ3) is 4.26. The molecule has 0 bridgehead atoms. The standard InChI is InChI=1S/C15H17N3O4S/c1-9(2)14(15(21)22)16-12(19)8-18-13(20)6-5-10(17-18)11-4-3-7-23-11/h3-7,9,14H,8H2,1-2H3,(H,16,19)(H,21,22)/t14-/m0/s1. The minimum absolute atomic E-state index is 0.265. The number of carboxylic acid groups (broad SMARTS) is 1. The SMILES string of the molecule is CC(C)[C@H](NC(=O)Cn1nc(-c2cccs2)ccc1=O)C(=O)O. The zero-order valence-corrected chi connectivity index (χ0v) is 13.5. The Morgan fingerprint density at radius 1 is 1.35 bits per heavy atom. The molecular formula is C15H17N3O4S. The molecule has 2 N–H and O–H groups in total. The van der Waals surface area contributed by atoms with Gasteiger partial charge in [0.25, 0.3) is 5.56 Å². The van der Waals surface area contributed by atoms with Crippen molar-refractivity contribution in [3.8, 4) is 10.6 Å². The summed E-state index contributed by atoms with van der Waals surface area (Å²) >= 11 is 1.47. The van der Waals surface area contributed by atoms with E-state index in [-0.39, 0.29) is 12.5 Å². The number of aliphatic carboxylic acids is 1. The van der Waals surface area contributed by atoms with Gasteiger partial charge < -0.3 is 10.4 Å². The van der Waals surface area contributed by atoms with Crippen LogP contribution in [0, 0.1) is 5.92 Å². The summed E-state index contributed by atoms with van der Waals surface area (Å²) in [5.74, 6) is -1.94. The second-order valence-electron chi connectivity index (χ2n) is 5.32. The van der Waals surface area contributed by atoms with Gasteiger partial charge in [-0.3, -0.25) is 9.59 Å². The van der Waals surface area contributed by atoms with Crippen LogP contribution in [0.3, 0.4) is 0 Å². The second kappa shape index (κ2) is 7.19. The van der Waals surface area contributed by atoms with Crippen molar-refractivity contribution in [3.05, 3.63) is 40.0 Å². The molecule has 0 spiro atoms. The van der Waals surface area contributed by atoms with Crippen LogP contribution >= 0.6 is 11.3 Å². The average Bonchev–Trinajstić information content (AvgIpc) is 3.00. The maximum Gasteiger partial charge on any atom is 0.326 e. The third-order valence-electron chi connectivity index (χ3n) is 3.18. The van der Waals surface area contributed by atoms with E-state index in [1.165, 1.54) is 17.4 Å². The number of hydrogen-bond donors (Lipinski definition) is 2. The molecule has 0 aliphatic carbocycles. The lowest BCUT2D eigenvalue weighted by atomic mass is 10.1. The maximum absolute atomic E-state index is 12.0. The highest BCUT2D eigenvalue weighted by Crippen LogP contribution is 2.20. The monoisotopic (exact) mass is 335 g/mol. The lowest BCUT2D eigenvalue weighted by Crippen LogP contribution is -2.46. The highest BCUT2D eigenvalue weighted by atomic mass is 32.1. The molecule has 0 unspecified atom stereocenters. The van der Waals surface area contributed by atoms with E-state index in [4.69, 9.17) is 5.11 Å². The molecule has 1 atom stereocenters. The minimum atomic E-state index is -1.11. The van der Waals surface area contributed by atoms with E-state index in [0.29, 0.717) is 5.69 Å². The molecule has 0 fully saturated rings. The van der Waals surface area contributed by atoms with Crippen LogP contribution in [0.15, 0.2) is 34.4 Å². The molecule has 2 heterocycles. The Labute approximate surface area is 136 Å². The van der Waals surface area contributed by atoms with E-state index in [1.807, 2.05) is 17.5 Å². The van der Waals surface area contributed by atoms with Gasteiger partial charge >= 0.3 is 5.97 Å². The molecule has 122 valence electrons. The molecule has 23 heavy (non-hydrogen) atoms. The minimum Gasteiger partial charge on any atom is -0.480 e. The van der Waals surface area contributed by atoms with Crippen molar-refractivity contribution >= 4 is 23.2 Å². The molecule has 0 radical (unpaired) electrons. The predicted molar refractivity (Wildman–Crippen MR) is 86.2 cm³/mol. The highest BCUT2D eigenvalue weighted by molar-refractivity contribution is 7.13. The normalized spacial score (nSPS) is 12.1. The number of aromatic nitrogens is 2. The van der Waals surface area contributed by atoms with E-state index in [1.54, 1.807) is 19.9 Å². The summed E-state index contributed by atoms with van der Waals surface area (Å²) in [6.07, 6.45) is 0. The molecule has 0 aliphatic heterocycles. The van der Waals surface area contributed by atoms with E-state index in [9.17, 15) is 14.4 Å². The molecule has 2 aromatic heterocycles. The highest BCUT2D eigenvalue weighted by Gasteiger charge is 2.23. The van der Waals surface area contributed by atoms with Crippen molar-refractivity contribution in [1.29, 1.82) is 0 Å². The number of thiophene rings is 1. The first kappa shape index (κ1) is 16.9. The van der Waals surface area contributed by atoms with Crippen molar-refractivity contribution in [2.45, 2.75) is 26.4 Å². The van der Waals surface area contributed by atoms with Crippen molar-refractivity contribution in [3.63, 3.8) is 0 Å². The Morgan fingerprint density at radius 2 is 2.09 bits per heavy atom. The van der Waals surface area contributed by atoms with Gasteiger partial charge in [-0.2, -0.15) is 5.10 Å². The molecule has 0 saturated heterocycles. The van der Waals surface area contributed by atoms with Gasteiger partial charge in [-0.05, 0) is 23.4 Å². The summed E-state index contributed by atoms with van der Waals surface area (Å²) in [5, 5.41) is 17.5. The van der Waals surface area contributed by atoms with Crippen LogP contribution in [-0.4, -0.2) is 32.8 Å². The quantitative estimate of drug-likeness (QED) is 0.826. The van der Waals surface area contributed by atoms with Crippen LogP contribution in [0.5, 0.6) is 0 Å². The van der Waals surface area contributed by atoms with Crippen LogP contribution in [0.1, 0.15) is 13.8 Å². The smallest absolute Gasteiger partial charge is 0.326 e. The first-order chi connectivity index (χ1) is 10.9. The summed E-state index contributed by atoms with van der Waals surface area (Å²) in [6, 6.07) is 5.66. The summed E-state index contributed by atoms with van der Waals surface area (Å²) in [6.45, 7) is 3.07. The van der Waals surface area contributed by atoms with Gasteiger partial charge in [0.15, 0.2) is 0 Å². The van der Waals surface area contributed by atoms with Gasteiger partial charge in [0.2, 0.25) is 5.91 Å². The number of carboxylic acids is 1. The molecule has 7 nitrogen and oxygen atoms in total. The summed E-state index contributed by atoms with van der Waals surface area (Å²) in [7, 11) is 0. The van der Waals surface area contributed by atoms with Gasteiger partial charge in [-0.1, -0.05) is 19.9 Å². The van der Waals surface area contributed by atoms with E-state index < -0.39 is 23.5 Å². The van der Waals surface area contributed by atoms with Gasteiger partial charge in [-0.25, -0.2) is 9.48 Å². The average molecular weight is 335 g/mol. The van der Waals surface area contributed by atoms with Crippen LogP contribution in [0.2, 0.25) is 0 Å². The van der Waals surface area contributed by atoms with Crippen LogP contribution in [-0.2, 0) is 16.1 Å². The number of nitrogens with zero attached hydrogens (tertiary/aromatic N) is 2. The second-order valence-corrected chi connectivity index (χ2v) is 6.27. The third-order valence-corrected chi connectivity index (χ3v) is 4.08. The Hall–Kier alpha value is -2.48. The number of carbonyl (C=O) groups excluding carboxylic acids is 1. The van der Waals surface area contributed by atoms with Gasteiger partial charge in [0.05, 0.1) is 4.88 Å². The summed E-state index contributed by atoms with van der Waals surface area (Å²) in [5.41, 5.74) is 0.169. The first-order valence-corrected chi connectivity index (χ1v) is 7.90. The fourth-order valence-electron chi connectivity index (χ4n) is 1.99. The maximum atomic E-state index is 12.0. The number of hydrogen-bond acceptors (Lipinski definition) is 5. The van der Waals surface area contributed by atoms with Crippen molar-refractivity contribution < 1.29 is 14.7 Å². The van der Waals surface area contributed by atoms with Gasteiger partial charge in [0.1, 0.15) is 18.3 Å². The lowest BCUT2D eigenvalue weighted by Gasteiger charge is -2.18. The topological polar surface area (TPSA) is 101 Å². The molecule has 2 aromatic rings. The lowest BCUT2D eigenvalue weighted by molar-refractivity contribution is -0.143. The molecule has 1 amide bonds. The van der Waals surface area contributed by atoms with Crippen molar-refractivity contribution in [1.82, 2.24) is 15.1 Å². The zero-order valence-electron chi connectivity index (χ0n) is 12.7. The Morgan fingerprint density at radius 3 is 2.65 bits per heavy atom. The van der Waals surface area contributed by atoms with E-state index >= 15 is 0 Å². The number of carbonyl (C=O) groups is 2. The zero-order chi connectivity index (χ0) is 17.0. The van der Waals surface area contributed by atoms with Crippen molar-refractivity contribution in [2.24, 2.45) is 5.92 Å². The van der Waals surface area contributed by atoms with Crippen LogP contribution < -0.4 is 10.9 Å². The van der Waals surface area contributed by atoms with E-state index in [2.05, 4.69) is 10.4 Å². The number of rotatable bonds is 6. The Kier molecular flexibility index (Phi) is 5.28. The van der Waals surface area contributed by atoms with Crippen LogP contribution in [0.4, 0.5) is 0 Å². The van der Waals surface area contributed by atoms with Gasteiger partial charge in [-0.15, -0.1) is 11.3 Å². The number of nitrogens with one attached hydrogen (secondary N) is 1.